The lowest BCUT2D eigenvalue weighted by Gasteiger charge is -2.09. The standard InChI is InChI=1S/C10H10F3NO3/c1-6(15)4-7-2-3-8(10(11,12)13)5-9(7)14(16)17/h2-3,5-6,15H,4H2,1H3. The van der Waals surface area contributed by atoms with E-state index in [-0.39, 0.29) is 12.0 Å². The van der Waals surface area contributed by atoms with Crippen LogP contribution in [0.1, 0.15) is 18.1 Å². The Balaban J connectivity index is 3.22. The van der Waals surface area contributed by atoms with Crippen LogP contribution in [0.25, 0.3) is 0 Å². The third kappa shape index (κ3) is 3.42. The van der Waals surface area contributed by atoms with Crippen LogP contribution in [0, 0.1) is 10.1 Å². The molecule has 1 unspecified atom stereocenters. The first-order chi connectivity index (χ1) is 7.71. The molecule has 1 N–H and O–H groups in total. The van der Waals surface area contributed by atoms with E-state index in [4.69, 9.17) is 5.11 Å². The zero-order chi connectivity index (χ0) is 13.2. The molecule has 1 atom stereocenters. The Labute approximate surface area is 94.8 Å². The minimum absolute atomic E-state index is 0.0611. The third-order valence-corrected chi connectivity index (χ3v) is 2.12. The smallest absolute Gasteiger partial charge is 0.393 e. The molecule has 0 aliphatic carbocycles. The molecule has 94 valence electrons. The van der Waals surface area contributed by atoms with Gasteiger partial charge in [0.1, 0.15) is 0 Å². The van der Waals surface area contributed by atoms with Crippen molar-refractivity contribution in [2.24, 2.45) is 0 Å². The second-order valence-electron chi connectivity index (χ2n) is 3.65. The predicted octanol–water partition coefficient (Wildman–Crippen LogP) is 2.54. The van der Waals surface area contributed by atoms with Crippen LogP contribution in [-0.4, -0.2) is 16.1 Å². The summed E-state index contributed by atoms with van der Waals surface area (Å²) in [6, 6.07) is 2.27. The summed E-state index contributed by atoms with van der Waals surface area (Å²) in [7, 11) is 0. The molecule has 0 spiro atoms. The Morgan fingerprint density at radius 3 is 2.47 bits per heavy atom. The molecule has 0 aliphatic rings. The molecule has 7 heteroatoms. The summed E-state index contributed by atoms with van der Waals surface area (Å²) in [5.41, 5.74) is -1.61. The van der Waals surface area contributed by atoms with Crippen LogP contribution >= 0.6 is 0 Å². The fourth-order valence-electron chi connectivity index (χ4n) is 1.40. The van der Waals surface area contributed by atoms with Crippen molar-refractivity contribution in [2.75, 3.05) is 0 Å². The van der Waals surface area contributed by atoms with E-state index < -0.39 is 28.5 Å². The van der Waals surface area contributed by atoms with E-state index in [2.05, 4.69) is 0 Å². The number of alkyl halides is 3. The zero-order valence-electron chi connectivity index (χ0n) is 8.86. The molecule has 0 aromatic heterocycles. The second-order valence-corrected chi connectivity index (χ2v) is 3.65. The summed E-state index contributed by atoms with van der Waals surface area (Å²) in [5, 5.41) is 19.7. The molecule has 17 heavy (non-hydrogen) atoms. The molecule has 1 rings (SSSR count). The number of halogens is 3. The van der Waals surface area contributed by atoms with Gasteiger partial charge in [-0.15, -0.1) is 0 Å². The summed E-state index contributed by atoms with van der Waals surface area (Å²) in [4.78, 5) is 9.76. The van der Waals surface area contributed by atoms with E-state index in [1.54, 1.807) is 0 Å². The minimum Gasteiger partial charge on any atom is -0.393 e. The van der Waals surface area contributed by atoms with Gasteiger partial charge in [0.2, 0.25) is 0 Å². The quantitative estimate of drug-likeness (QED) is 0.661. The molecule has 0 radical (unpaired) electrons. The third-order valence-electron chi connectivity index (χ3n) is 2.12. The van der Waals surface area contributed by atoms with E-state index in [0.717, 1.165) is 12.1 Å². The van der Waals surface area contributed by atoms with Crippen molar-refractivity contribution in [2.45, 2.75) is 25.6 Å². The molecule has 0 saturated heterocycles. The number of rotatable bonds is 3. The molecule has 0 fully saturated rings. The van der Waals surface area contributed by atoms with Gasteiger partial charge in [0.15, 0.2) is 0 Å². The molecule has 1 aromatic rings. The van der Waals surface area contributed by atoms with Gasteiger partial charge >= 0.3 is 6.18 Å². The molecule has 1 aromatic carbocycles. The zero-order valence-corrected chi connectivity index (χ0v) is 8.86. The van der Waals surface area contributed by atoms with Crippen molar-refractivity contribution in [3.05, 3.63) is 39.4 Å². The predicted molar refractivity (Wildman–Crippen MR) is 53.5 cm³/mol. The Hall–Kier alpha value is -1.63. The van der Waals surface area contributed by atoms with Crippen LogP contribution in [0.3, 0.4) is 0 Å². The van der Waals surface area contributed by atoms with Crippen LogP contribution < -0.4 is 0 Å². The van der Waals surface area contributed by atoms with Gasteiger partial charge in [0.05, 0.1) is 16.6 Å². The lowest BCUT2D eigenvalue weighted by molar-refractivity contribution is -0.385. The monoisotopic (exact) mass is 249 g/mol. The van der Waals surface area contributed by atoms with Crippen LogP contribution in [0.5, 0.6) is 0 Å². The highest BCUT2D eigenvalue weighted by atomic mass is 19.4. The molecule has 0 bridgehead atoms. The molecule has 0 amide bonds. The Morgan fingerprint density at radius 2 is 2.06 bits per heavy atom. The van der Waals surface area contributed by atoms with Gasteiger partial charge in [-0.2, -0.15) is 13.2 Å². The summed E-state index contributed by atoms with van der Waals surface area (Å²) in [6.45, 7) is 1.40. The number of hydrogen-bond acceptors (Lipinski definition) is 3. The maximum atomic E-state index is 12.4. The first kappa shape index (κ1) is 13.4. The van der Waals surface area contributed by atoms with Gasteiger partial charge in [-0.25, -0.2) is 0 Å². The van der Waals surface area contributed by atoms with Crippen LogP contribution in [0.2, 0.25) is 0 Å². The number of nitro groups is 1. The number of aliphatic hydroxyl groups excluding tert-OH is 1. The van der Waals surface area contributed by atoms with Crippen molar-refractivity contribution in [3.8, 4) is 0 Å². The summed E-state index contributed by atoms with van der Waals surface area (Å²) in [6.07, 6.45) is -5.53. The summed E-state index contributed by atoms with van der Waals surface area (Å²) >= 11 is 0. The fraction of sp³-hybridized carbons (Fsp3) is 0.400. The lowest BCUT2D eigenvalue weighted by atomic mass is 10.0. The van der Waals surface area contributed by atoms with Crippen molar-refractivity contribution >= 4 is 5.69 Å². The van der Waals surface area contributed by atoms with Crippen LogP contribution in [0.4, 0.5) is 18.9 Å². The van der Waals surface area contributed by atoms with Gasteiger partial charge in [-0.05, 0) is 13.0 Å². The Morgan fingerprint density at radius 1 is 1.47 bits per heavy atom. The normalized spacial score (nSPS) is 13.5. The second kappa shape index (κ2) is 4.70. The maximum absolute atomic E-state index is 12.4. The summed E-state index contributed by atoms with van der Waals surface area (Å²) in [5.74, 6) is 0. The topological polar surface area (TPSA) is 63.4 Å². The highest BCUT2D eigenvalue weighted by Crippen LogP contribution is 2.33. The van der Waals surface area contributed by atoms with Gasteiger partial charge in [0.25, 0.3) is 5.69 Å². The van der Waals surface area contributed by atoms with Crippen molar-refractivity contribution in [3.63, 3.8) is 0 Å². The number of nitro benzene ring substituents is 1. The molecule has 0 aliphatic heterocycles. The largest absolute Gasteiger partial charge is 0.416 e. The van der Waals surface area contributed by atoms with Gasteiger partial charge in [0, 0.05) is 18.1 Å². The maximum Gasteiger partial charge on any atom is 0.416 e. The number of aliphatic hydroxyl groups is 1. The molecular weight excluding hydrogens is 239 g/mol. The van der Waals surface area contributed by atoms with Gasteiger partial charge < -0.3 is 5.11 Å². The molecule has 4 nitrogen and oxygen atoms in total. The molecular formula is C10H10F3NO3. The first-order valence-corrected chi connectivity index (χ1v) is 4.74. The van der Waals surface area contributed by atoms with E-state index >= 15 is 0 Å². The van der Waals surface area contributed by atoms with Crippen LogP contribution in [-0.2, 0) is 12.6 Å². The SMILES string of the molecule is CC(O)Cc1ccc(C(F)(F)F)cc1[N+](=O)[O-]. The Kier molecular flexibility index (Phi) is 3.72. The number of nitrogens with zero attached hydrogens (tertiary/aromatic N) is 1. The van der Waals surface area contributed by atoms with Crippen molar-refractivity contribution in [1.29, 1.82) is 0 Å². The number of hydrogen-bond donors (Lipinski definition) is 1. The van der Waals surface area contributed by atoms with Crippen molar-refractivity contribution < 1.29 is 23.2 Å². The highest BCUT2D eigenvalue weighted by molar-refractivity contribution is 5.44. The number of benzene rings is 1. The minimum atomic E-state index is -4.62. The molecule has 0 saturated carbocycles. The first-order valence-electron chi connectivity index (χ1n) is 4.74. The van der Waals surface area contributed by atoms with E-state index in [1.807, 2.05) is 0 Å². The lowest BCUT2D eigenvalue weighted by Crippen LogP contribution is -2.10. The fourth-order valence-corrected chi connectivity index (χ4v) is 1.40. The average molecular weight is 249 g/mol. The van der Waals surface area contributed by atoms with Crippen molar-refractivity contribution in [1.82, 2.24) is 0 Å². The van der Waals surface area contributed by atoms with Crippen LogP contribution in [0.15, 0.2) is 18.2 Å². The highest BCUT2D eigenvalue weighted by Gasteiger charge is 2.32. The van der Waals surface area contributed by atoms with E-state index in [0.29, 0.717) is 6.07 Å². The molecule has 0 heterocycles. The van der Waals surface area contributed by atoms with E-state index in [1.165, 1.54) is 6.92 Å². The van der Waals surface area contributed by atoms with E-state index in [9.17, 15) is 23.3 Å². The summed E-state index contributed by atoms with van der Waals surface area (Å²) < 4.78 is 37.1. The van der Waals surface area contributed by atoms with Gasteiger partial charge in [-0.3, -0.25) is 10.1 Å². The average Bonchev–Trinajstić information content (AvgIpc) is 2.15. The Bertz CT molecular complexity index is 429. The van der Waals surface area contributed by atoms with Gasteiger partial charge in [-0.1, -0.05) is 6.07 Å².